The van der Waals surface area contributed by atoms with Crippen LogP contribution in [-0.2, 0) is 9.53 Å². The molecule has 2 N–H and O–H groups in total. The highest BCUT2D eigenvalue weighted by Crippen LogP contribution is 2.19. The van der Waals surface area contributed by atoms with E-state index in [1.807, 2.05) is 26.0 Å². The Hall–Kier alpha value is -1.88. The van der Waals surface area contributed by atoms with Crippen LogP contribution in [0.1, 0.15) is 32.8 Å². The Morgan fingerprint density at radius 3 is 2.63 bits per heavy atom. The van der Waals surface area contributed by atoms with Gasteiger partial charge in [0.2, 0.25) is 5.91 Å². The number of rotatable bonds is 5. The van der Waals surface area contributed by atoms with E-state index in [1.165, 1.54) is 0 Å². The molecule has 0 saturated heterocycles. The molecule has 0 aromatic heterocycles. The molecule has 1 amide bonds. The van der Waals surface area contributed by atoms with Crippen LogP contribution >= 0.6 is 0 Å². The molecule has 0 aliphatic rings. The van der Waals surface area contributed by atoms with Crippen LogP contribution in [0.5, 0.6) is 0 Å². The van der Waals surface area contributed by atoms with Gasteiger partial charge in [-0.1, -0.05) is 23.4 Å². The highest BCUT2D eigenvalue weighted by atomic mass is 16.5. The minimum Gasteiger partial charge on any atom is -0.411 e. The lowest BCUT2D eigenvalue weighted by Gasteiger charge is -2.22. The fraction of sp³-hybridized carbons (Fsp3) is 0.429. The first kappa shape index (κ1) is 15.2. The van der Waals surface area contributed by atoms with Crippen molar-refractivity contribution in [2.75, 3.05) is 12.4 Å². The molecule has 19 heavy (non-hydrogen) atoms. The predicted octanol–water partition coefficient (Wildman–Crippen LogP) is 2.64. The highest BCUT2D eigenvalue weighted by molar-refractivity contribution is 6.06. The second-order valence-corrected chi connectivity index (χ2v) is 4.92. The number of oxime groups is 1. The Labute approximate surface area is 113 Å². The maximum atomic E-state index is 12.0. The molecule has 0 spiro atoms. The van der Waals surface area contributed by atoms with Gasteiger partial charge < -0.3 is 15.3 Å². The van der Waals surface area contributed by atoms with Crippen LogP contribution < -0.4 is 5.32 Å². The van der Waals surface area contributed by atoms with Gasteiger partial charge in [-0.25, -0.2) is 0 Å². The number of ether oxygens (including phenoxy) is 1. The van der Waals surface area contributed by atoms with Gasteiger partial charge in [0.25, 0.3) is 0 Å². The number of nitrogens with zero attached hydrogens (tertiary/aromatic N) is 1. The zero-order valence-corrected chi connectivity index (χ0v) is 11.7. The summed E-state index contributed by atoms with van der Waals surface area (Å²) in [5, 5.41) is 14.8. The molecule has 0 aliphatic heterocycles. The Kier molecular flexibility index (Phi) is 5.06. The van der Waals surface area contributed by atoms with E-state index >= 15 is 0 Å². The summed E-state index contributed by atoms with van der Waals surface area (Å²) in [6.45, 7) is 5.36. The Bertz CT molecular complexity index is 481. The number of amides is 1. The number of benzene rings is 1. The predicted molar refractivity (Wildman–Crippen MR) is 74.8 cm³/mol. The van der Waals surface area contributed by atoms with Crippen LogP contribution in [0.2, 0.25) is 0 Å². The van der Waals surface area contributed by atoms with Gasteiger partial charge in [-0.2, -0.15) is 0 Å². The van der Waals surface area contributed by atoms with Crippen molar-refractivity contribution in [2.45, 2.75) is 32.8 Å². The molecule has 0 atom stereocenters. The van der Waals surface area contributed by atoms with Crippen LogP contribution in [0.15, 0.2) is 29.4 Å². The van der Waals surface area contributed by atoms with Gasteiger partial charge >= 0.3 is 0 Å². The summed E-state index contributed by atoms with van der Waals surface area (Å²) in [5.41, 5.74) is 1.24. The van der Waals surface area contributed by atoms with Gasteiger partial charge in [0, 0.05) is 18.4 Å². The average molecular weight is 264 g/mol. The minimum atomic E-state index is -0.515. The maximum absolute atomic E-state index is 12.0. The van der Waals surface area contributed by atoms with Crippen LogP contribution in [0.3, 0.4) is 0 Å². The summed E-state index contributed by atoms with van der Waals surface area (Å²) in [7, 11) is 1.57. The maximum Gasteiger partial charge on any atom is 0.227 e. The standard InChI is InChI=1S/C14H20N2O3/c1-10(16-18)11-7-5-6-8-12(11)15-13(17)9-14(2,3)19-4/h5-8,18H,9H2,1-4H3,(H,15,17)/b16-10+. The molecule has 0 radical (unpaired) electrons. The number of methoxy groups -OCH3 is 1. The molecule has 104 valence electrons. The summed E-state index contributed by atoms with van der Waals surface area (Å²) >= 11 is 0. The molecule has 5 nitrogen and oxygen atoms in total. The van der Waals surface area contributed by atoms with Crippen molar-refractivity contribution in [1.29, 1.82) is 0 Å². The molecule has 0 unspecified atom stereocenters. The Morgan fingerprint density at radius 2 is 2.05 bits per heavy atom. The third-order valence-electron chi connectivity index (χ3n) is 2.88. The van der Waals surface area contributed by atoms with Crippen molar-refractivity contribution in [3.8, 4) is 0 Å². The molecule has 1 rings (SSSR count). The zero-order chi connectivity index (χ0) is 14.5. The zero-order valence-electron chi connectivity index (χ0n) is 11.7. The van der Waals surface area contributed by atoms with Crippen molar-refractivity contribution in [2.24, 2.45) is 5.16 Å². The monoisotopic (exact) mass is 264 g/mol. The summed E-state index contributed by atoms with van der Waals surface area (Å²) in [4.78, 5) is 12.0. The first-order valence-electron chi connectivity index (χ1n) is 6.02. The summed E-state index contributed by atoms with van der Waals surface area (Å²) in [6, 6.07) is 7.18. The van der Waals surface area contributed by atoms with Crippen molar-refractivity contribution in [1.82, 2.24) is 0 Å². The van der Waals surface area contributed by atoms with E-state index in [-0.39, 0.29) is 12.3 Å². The van der Waals surface area contributed by atoms with Gasteiger partial charge in [-0.15, -0.1) is 0 Å². The fourth-order valence-corrected chi connectivity index (χ4v) is 1.61. The summed E-state index contributed by atoms with van der Waals surface area (Å²) in [5.74, 6) is -0.148. The van der Waals surface area contributed by atoms with Crippen molar-refractivity contribution >= 4 is 17.3 Å². The van der Waals surface area contributed by atoms with Crippen LogP contribution in [-0.4, -0.2) is 29.5 Å². The number of carbonyl (C=O) groups excluding carboxylic acids is 1. The van der Waals surface area contributed by atoms with E-state index < -0.39 is 5.60 Å². The van der Waals surface area contributed by atoms with Crippen LogP contribution in [0.4, 0.5) is 5.69 Å². The van der Waals surface area contributed by atoms with E-state index in [9.17, 15) is 4.79 Å². The number of para-hydroxylation sites is 1. The van der Waals surface area contributed by atoms with Crippen molar-refractivity contribution < 1.29 is 14.7 Å². The van der Waals surface area contributed by atoms with Crippen molar-refractivity contribution in [3.05, 3.63) is 29.8 Å². The molecular formula is C14H20N2O3. The molecule has 0 bridgehead atoms. The highest BCUT2D eigenvalue weighted by Gasteiger charge is 2.21. The number of nitrogens with one attached hydrogen (secondary N) is 1. The number of carbonyl (C=O) groups is 1. The van der Waals surface area contributed by atoms with Gasteiger partial charge in [0.1, 0.15) is 0 Å². The summed E-state index contributed by atoms with van der Waals surface area (Å²) < 4.78 is 5.22. The fourth-order valence-electron chi connectivity index (χ4n) is 1.61. The van der Waals surface area contributed by atoms with Crippen LogP contribution in [0.25, 0.3) is 0 Å². The summed E-state index contributed by atoms with van der Waals surface area (Å²) in [6.07, 6.45) is 0.243. The van der Waals surface area contributed by atoms with Crippen molar-refractivity contribution in [3.63, 3.8) is 0 Å². The number of hydrogen-bond acceptors (Lipinski definition) is 4. The van der Waals surface area contributed by atoms with E-state index in [0.717, 1.165) is 0 Å². The SMILES string of the molecule is COC(C)(C)CC(=O)Nc1ccccc1/C(C)=N/O. The molecule has 0 heterocycles. The normalized spacial score (nSPS) is 12.3. The second-order valence-electron chi connectivity index (χ2n) is 4.92. The quantitative estimate of drug-likeness (QED) is 0.488. The first-order chi connectivity index (χ1) is 8.89. The third-order valence-corrected chi connectivity index (χ3v) is 2.88. The lowest BCUT2D eigenvalue weighted by molar-refractivity contribution is -0.121. The molecule has 0 fully saturated rings. The molecule has 1 aromatic rings. The third kappa shape index (κ3) is 4.37. The lowest BCUT2D eigenvalue weighted by atomic mass is 10.0. The largest absolute Gasteiger partial charge is 0.411 e. The van der Waals surface area contributed by atoms with Crippen LogP contribution in [0, 0.1) is 0 Å². The molecule has 5 heteroatoms. The molecule has 0 aliphatic carbocycles. The van der Waals surface area contributed by atoms with E-state index in [0.29, 0.717) is 17.0 Å². The second kappa shape index (κ2) is 6.33. The first-order valence-corrected chi connectivity index (χ1v) is 6.02. The number of anilines is 1. The van der Waals surface area contributed by atoms with Gasteiger partial charge in [0.05, 0.1) is 17.7 Å². The number of hydrogen-bond donors (Lipinski definition) is 2. The van der Waals surface area contributed by atoms with E-state index in [4.69, 9.17) is 9.94 Å². The molecule has 1 aromatic carbocycles. The molecule has 0 saturated carbocycles. The topological polar surface area (TPSA) is 70.9 Å². The molecular weight excluding hydrogens is 244 g/mol. The minimum absolute atomic E-state index is 0.148. The van der Waals surface area contributed by atoms with Gasteiger partial charge in [-0.05, 0) is 26.8 Å². The van der Waals surface area contributed by atoms with Gasteiger partial charge in [-0.3, -0.25) is 4.79 Å². The Morgan fingerprint density at radius 1 is 1.42 bits per heavy atom. The lowest BCUT2D eigenvalue weighted by Crippen LogP contribution is -2.29. The average Bonchev–Trinajstić information content (AvgIpc) is 2.37. The Balaban J connectivity index is 2.86. The van der Waals surface area contributed by atoms with E-state index in [1.54, 1.807) is 26.2 Å². The van der Waals surface area contributed by atoms with E-state index in [2.05, 4.69) is 10.5 Å². The van der Waals surface area contributed by atoms with Gasteiger partial charge in [0.15, 0.2) is 0 Å². The smallest absolute Gasteiger partial charge is 0.227 e.